The average Bonchev–Trinajstić information content (AvgIpc) is 2.52. The van der Waals surface area contributed by atoms with Crippen LogP contribution in [0.1, 0.15) is 66.2 Å². The Kier molecular flexibility index (Phi) is 25.2. The van der Waals surface area contributed by atoms with Crippen LogP contribution in [0.25, 0.3) is 0 Å². The smallest absolute Gasteiger partial charge is 0.550 e. The van der Waals surface area contributed by atoms with Crippen molar-refractivity contribution in [3.8, 4) is 0 Å². The SMILES string of the molecule is CCCN(CCC)CCC(=O)[O-].CCCN(CCC)CCC(=O)[O-].[Zn+2]. The molecule has 0 aliphatic heterocycles. The Morgan fingerprint density at radius 1 is 0.600 bits per heavy atom. The van der Waals surface area contributed by atoms with Crippen molar-refractivity contribution < 1.29 is 39.3 Å². The molecule has 25 heavy (non-hydrogen) atoms. The summed E-state index contributed by atoms with van der Waals surface area (Å²) in [5.41, 5.74) is 0. The molecule has 0 aliphatic carbocycles. The van der Waals surface area contributed by atoms with Crippen molar-refractivity contribution >= 4 is 11.9 Å². The van der Waals surface area contributed by atoms with Crippen molar-refractivity contribution in [1.82, 2.24) is 9.80 Å². The number of aliphatic carboxylic acids is 2. The Labute approximate surface area is 166 Å². The van der Waals surface area contributed by atoms with Crippen LogP contribution in [-0.2, 0) is 29.1 Å². The van der Waals surface area contributed by atoms with Gasteiger partial charge < -0.3 is 29.6 Å². The second-order valence-electron chi connectivity index (χ2n) is 5.93. The van der Waals surface area contributed by atoms with Crippen LogP contribution < -0.4 is 10.2 Å². The zero-order chi connectivity index (χ0) is 18.8. The number of rotatable bonds is 14. The maximum Gasteiger partial charge on any atom is 2.00 e. The van der Waals surface area contributed by atoms with E-state index < -0.39 is 11.9 Å². The van der Waals surface area contributed by atoms with E-state index in [4.69, 9.17) is 0 Å². The molecule has 0 saturated carbocycles. The van der Waals surface area contributed by atoms with E-state index in [2.05, 4.69) is 37.5 Å². The zero-order valence-electron chi connectivity index (χ0n) is 16.7. The summed E-state index contributed by atoms with van der Waals surface area (Å²) in [7, 11) is 0. The Morgan fingerprint density at radius 2 is 0.840 bits per heavy atom. The number of carboxylic acid groups (broad SMARTS) is 2. The molecule has 0 N–H and O–H groups in total. The molecule has 0 bridgehead atoms. The predicted molar refractivity (Wildman–Crippen MR) is 93.3 cm³/mol. The summed E-state index contributed by atoms with van der Waals surface area (Å²) in [5, 5.41) is 20.3. The van der Waals surface area contributed by atoms with Crippen LogP contribution in [0.2, 0.25) is 0 Å². The fourth-order valence-electron chi connectivity index (χ4n) is 2.43. The molecule has 0 aromatic rings. The summed E-state index contributed by atoms with van der Waals surface area (Å²) in [6, 6.07) is 0. The van der Waals surface area contributed by atoms with E-state index in [0.29, 0.717) is 13.1 Å². The van der Waals surface area contributed by atoms with Crippen LogP contribution in [0.3, 0.4) is 0 Å². The molecule has 0 unspecified atom stereocenters. The minimum atomic E-state index is -0.952. The van der Waals surface area contributed by atoms with Gasteiger partial charge in [-0.15, -0.1) is 0 Å². The molecule has 0 spiro atoms. The minimum Gasteiger partial charge on any atom is -0.550 e. The van der Waals surface area contributed by atoms with Crippen molar-refractivity contribution in [1.29, 1.82) is 0 Å². The number of carbonyl (C=O) groups is 2. The van der Waals surface area contributed by atoms with E-state index >= 15 is 0 Å². The van der Waals surface area contributed by atoms with Crippen molar-refractivity contribution in [3.63, 3.8) is 0 Å². The van der Waals surface area contributed by atoms with Crippen LogP contribution in [-0.4, -0.2) is 61.0 Å². The Hall–Kier alpha value is -0.517. The molecular formula is C18H36N2O4Zn. The van der Waals surface area contributed by atoms with E-state index in [1.54, 1.807) is 0 Å². The van der Waals surface area contributed by atoms with Gasteiger partial charge >= 0.3 is 19.5 Å². The van der Waals surface area contributed by atoms with Gasteiger partial charge in [-0.1, -0.05) is 27.7 Å². The number of nitrogens with zero attached hydrogens (tertiary/aromatic N) is 2. The largest absolute Gasteiger partial charge is 2.00 e. The standard InChI is InChI=1S/2C9H19NO2.Zn/c2*1-3-6-10(7-4-2)8-5-9(11)12;/h2*3-8H2,1-2H3,(H,11,12);/q;;+2/p-2. The molecule has 0 fully saturated rings. The third kappa shape index (κ3) is 23.5. The van der Waals surface area contributed by atoms with E-state index in [0.717, 1.165) is 51.9 Å². The van der Waals surface area contributed by atoms with Crippen LogP contribution in [0.15, 0.2) is 0 Å². The first-order valence-corrected chi connectivity index (χ1v) is 9.25. The Balaban J connectivity index is -0.000000372. The molecular weight excluding hydrogens is 374 g/mol. The Morgan fingerprint density at radius 3 is 1.00 bits per heavy atom. The molecule has 6 nitrogen and oxygen atoms in total. The van der Waals surface area contributed by atoms with Gasteiger partial charge in [-0.25, -0.2) is 0 Å². The molecule has 0 rings (SSSR count). The van der Waals surface area contributed by atoms with E-state index in [-0.39, 0.29) is 32.3 Å². The first-order chi connectivity index (χ1) is 11.4. The summed E-state index contributed by atoms with van der Waals surface area (Å²) in [4.78, 5) is 24.7. The van der Waals surface area contributed by atoms with Gasteiger partial charge in [0.15, 0.2) is 0 Å². The van der Waals surface area contributed by atoms with Gasteiger partial charge in [0.25, 0.3) is 0 Å². The van der Waals surface area contributed by atoms with Crippen molar-refractivity contribution in [3.05, 3.63) is 0 Å². The number of carboxylic acids is 2. The van der Waals surface area contributed by atoms with Crippen LogP contribution in [0.4, 0.5) is 0 Å². The van der Waals surface area contributed by atoms with Crippen molar-refractivity contribution in [2.45, 2.75) is 66.2 Å². The molecule has 0 amide bonds. The van der Waals surface area contributed by atoms with E-state index in [9.17, 15) is 19.8 Å². The van der Waals surface area contributed by atoms with Gasteiger partial charge in [0.2, 0.25) is 0 Å². The molecule has 144 valence electrons. The Bertz CT molecular complexity index is 275. The fraction of sp³-hybridized carbons (Fsp3) is 0.889. The van der Waals surface area contributed by atoms with Gasteiger partial charge in [0.05, 0.1) is 0 Å². The number of hydrogen-bond donors (Lipinski definition) is 0. The molecule has 0 aromatic heterocycles. The fourth-order valence-corrected chi connectivity index (χ4v) is 2.43. The monoisotopic (exact) mass is 408 g/mol. The van der Waals surface area contributed by atoms with Crippen molar-refractivity contribution in [2.24, 2.45) is 0 Å². The predicted octanol–water partition coefficient (Wildman–Crippen LogP) is 0.494. The second kappa shape index (κ2) is 21.5. The molecule has 0 atom stereocenters. The summed E-state index contributed by atoms with van der Waals surface area (Å²) in [5.74, 6) is -1.90. The third-order valence-electron chi connectivity index (χ3n) is 3.42. The van der Waals surface area contributed by atoms with Crippen LogP contribution >= 0.6 is 0 Å². The second-order valence-corrected chi connectivity index (χ2v) is 5.93. The molecule has 0 radical (unpaired) electrons. The maximum atomic E-state index is 10.2. The van der Waals surface area contributed by atoms with Crippen molar-refractivity contribution in [2.75, 3.05) is 39.3 Å². The summed E-state index contributed by atoms with van der Waals surface area (Å²) in [6.45, 7) is 13.6. The molecule has 0 heterocycles. The van der Waals surface area contributed by atoms with Crippen LogP contribution in [0, 0.1) is 0 Å². The minimum absolute atomic E-state index is 0. The summed E-state index contributed by atoms with van der Waals surface area (Å²) >= 11 is 0. The van der Waals surface area contributed by atoms with Gasteiger partial charge in [0, 0.05) is 25.0 Å². The first-order valence-electron chi connectivity index (χ1n) is 9.25. The number of carbonyl (C=O) groups excluding carboxylic acids is 2. The topological polar surface area (TPSA) is 86.7 Å². The molecule has 7 heteroatoms. The van der Waals surface area contributed by atoms with E-state index in [1.807, 2.05) is 0 Å². The van der Waals surface area contributed by atoms with Gasteiger partial charge in [-0.05, 0) is 64.7 Å². The van der Waals surface area contributed by atoms with Crippen LogP contribution in [0.5, 0.6) is 0 Å². The van der Waals surface area contributed by atoms with Gasteiger partial charge in [-0.3, -0.25) is 0 Å². The normalized spacial score (nSPS) is 10.2. The molecule has 0 saturated heterocycles. The maximum absolute atomic E-state index is 10.2. The zero-order valence-corrected chi connectivity index (χ0v) is 19.7. The average molecular weight is 410 g/mol. The van der Waals surface area contributed by atoms with Gasteiger partial charge in [0.1, 0.15) is 0 Å². The van der Waals surface area contributed by atoms with Gasteiger partial charge in [-0.2, -0.15) is 0 Å². The third-order valence-corrected chi connectivity index (χ3v) is 3.42. The quantitative estimate of drug-likeness (QED) is 0.388. The number of hydrogen-bond acceptors (Lipinski definition) is 6. The summed E-state index contributed by atoms with van der Waals surface area (Å²) in [6.07, 6.45) is 4.61. The van der Waals surface area contributed by atoms with E-state index in [1.165, 1.54) is 0 Å². The summed E-state index contributed by atoms with van der Waals surface area (Å²) < 4.78 is 0. The first kappa shape index (κ1) is 29.3. The molecule has 0 aromatic carbocycles. The molecule has 0 aliphatic rings.